The minimum Gasteiger partial charge on any atom is -0.392 e. The summed E-state index contributed by atoms with van der Waals surface area (Å²) in [6, 6.07) is 8.19. The Morgan fingerprint density at radius 3 is 2.90 bits per heavy atom. The first-order valence-electron chi connectivity index (χ1n) is 7.81. The zero-order valence-corrected chi connectivity index (χ0v) is 13.0. The molecule has 4 nitrogen and oxygen atoms in total. The molecule has 2 atom stereocenters. The van der Waals surface area contributed by atoms with E-state index in [4.69, 9.17) is 0 Å². The lowest BCUT2D eigenvalue weighted by atomic mass is 9.98. The van der Waals surface area contributed by atoms with E-state index in [1.807, 2.05) is 25.1 Å². The normalized spacial score (nSPS) is 21.0. The first kappa shape index (κ1) is 16.0. The number of piperidine rings is 1. The van der Waals surface area contributed by atoms with E-state index >= 15 is 0 Å². The van der Waals surface area contributed by atoms with Gasteiger partial charge in [-0.15, -0.1) is 0 Å². The number of amides is 1. The number of hydrogen-bond donors (Lipinski definition) is 2. The van der Waals surface area contributed by atoms with Crippen LogP contribution in [0.4, 0.5) is 0 Å². The Morgan fingerprint density at radius 2 is 2.19 bits per heavy atom. The fraction of sp³-hybridized carbons (Fsp3) is 0.588. The van der Waals surface area contributed by atoms with Gasteiger partial charge in [-0.3, -0.25) is 9.69 Å². The lowest BCUT2D eigenvalue weighted by molar-refractivity contribution is -0.124. The number of nitrogens with zero attached hydrogens (tertiary/aromatic N) is 1. The highest BCUT2D eigenvalue weighted by Crippen LogP contribution is 2.19. The molecule has 1 heterocycles. The molecule has 0 spiro atoms. The monoisotopic (exact) mass is 290 g/mol. The van der Waals surface area contributed by atoms with Crippen molar-refractivity contribution in [2.75, 3.05) is 13.1 Å². The molecule has 1 amide bonds. The number of aryl methyl sites for hydroxylation is 1. The van der Waals surface area contributed by atoms with Crippen LogP contribution in [0.3, 0.4) is 0 Å². The van der Waals surface area contributed by atoms with Crippen LogP contribution in [-0.2, 0) is 11.3 Å². The molecule has 2 rings (SSSR count). The van der Waals surface area contributed by atoms with Crippen molar-refractivity contribution in [3.63, 3.8) is 0 Å². The standard InChI is InChI=1S/C17H26N2O2/c1-13-7-3-4-8-15(13)11-18-17(21)12-19-10-6-5-9-16(19)14(2)20/h3-4,7-8,14,16,20H,5-6,9-12H2,1-2H3,(H,18,21). The molecule has 0 saturated carbocycles. The van der Waals surface area contributed by atoms with Crippen LogP contribution in [0.5, 0.6) is 0 Å². The topological polar surface area (TPSA) is 52.6 Å². The van der Waals surface area contributed by atoms with Gasteiger partial charge in [0.05, 0.1) is 12.6 Å². The van der Waals surface area contributed by atoms with Crippen LogP contribution in [0, 0.1) is 6.92 Å². The quantitative estimate of drug-likeness (QED) is 0.870. The Bertz CT molecular complexity index is 474. The summed E-state index contributed by atoms with van der Waals surface area (Å²) in [5.41, 5.74) is 2.34. The second-order valence-corrected chi connectivity index (χ2v) is 5.98. The summed E-state index contributed by atoms with van der Waals surface area (Å²) in [6.07, 6.45) is 2.84. The molecule has 21 heavy (non-hydrogen) atoms. The van der Waals surface area contributed by atoms with Gasteiger partial charge in [-0.2, -0.15) is 0 Å². The first-order chi connectivity index (χ1) is 10.1. The number of carbonyl (C=O) groups is 1. The number of carbonyl (C=O) groups excluding carboxylic acids is 1. The molecular formula is C17H26N2O2. The summed E-state index contributed by atoms with van der Waals surface area (Å²) in [7, 11) is 0. The molecule has 1 fully saturated rings. The first-order valence-corrected chi connectivity index (χ1v) is 7.81. The predicted molar refractivity (Wildman–Crippen MR) is 83.9 cm³/mol. The maximum atomic E-state index is 12.1. The molecule has 0 bridgehead atoms. The number of nitrogens with one attached hydrogen (secondary N) is 1. The molecule has 2 unspecified atom stereocenters. The van der Waals surface area contributed by atoms with Crippen LogP contribution in [0.15, 0.2) is 24.3 Å². The molecule has 2 N–H and O–H groups in total. The van der Waals surface area contributed by atoms with E-state index in [-0.39, 0.29) is 18.1 Å². The summed E-state index contributed by atoms with van der Waals surface area (Å²) in [6.45, 7) is 5.71. The third-order valence-corrected chi connectivity index (χ3v) is 4.31. The Balaban J connectivity index is 1.85. The van der Waals surface area contributed by atoms with Crippen molar-refractivity contribution in [2.45, 2.75) is 51.8 Å². The number of benzene rings is 1. The maximum Gasteiger partial charge on any atom is 0.234 e. The molecule has 1 saturated heterocycles. The number of likely N-dealkylation sites (tertiary alicyclic amines) is 1. The van der Waals surface area contributed by atoms with Crippen molar-refractivity contribution in [3.05, 3.63) is 35.4 Å². The van der Waals surface area contributed by atoms with Crippen molar-refractivity contribution in [1.82, 2.24) is 10.2 Å². The maximum absolute atomic E-state index is 12.1. The van der Waals surface area contributed by atoms with Crippen molar-refractivity contribution in [3.8, 4) is 0 Å². The van der Waals surface area contributed by atoms with Gasteiger partial charge in [0, 0.05) is 12.6 Å². The zero-order valence-electron chi connectivity index (χ0n) is 13.0. The molecule has 1 aliphatic rings. The van der Waals surface area contributed by atoms with Gasteiger partial charge in [-0.1, -0.05) is 30.7 Å². The average molecular weight is 290 g/mol. The van der Waals surface area contributed by atoms with Crippen LogP contribution in [0.1, 0.15) is 37.3 Å². The van der Waals surface area contributed by atoms with Gasteiger partial charge >= 0.3 is 0 Å². The molecule has 0 radical (unpaired) electrons. The smallest absolute Gasteiger partial charge is 0.234 e. The summed E-state index contributed by atoms with van der Waals surface area (Å²) < 4.78 is 0. The predicted octanol–water partition coefficient (Wildman–Crippen LogP) is 1.85. The van der Waals surface area contributed by atoms with E-state index in [0.29, 0.717) is 13.1 Å². The number of aliphatic hydroxyl groups excluding tert-OH is 1. The largest absolute Gasteiger partial charge is 0.392 e. The second-order valence-electron chi connectivity index (χ2n) is 5.98. The van der Waals surface area contributed by atoms with Gasteiger partial charge in [0.1, 0.15) is 0 Å². The van der Waals surface area contributed by atoms with E-state index in [0.717, 1.165) is 31.4 Å². The molecule has 0 aliphatic carbocycles. The lowest BCUT2D eigenvalue weighted by Gasteiger charge is -2.36. The number of hydrogen-bond acceptors (Lipinski definition) is 3. The molecule has 1 aromatic rings. The number of rotatable bonds is 5. The van der Waals surface area contributed by atoms with E-state index in [1.54, 1.807) is 0 Å². The summed E-state index contributed by atoms with van der Waals surface area (Å²) in [5, 5.41) is 12.8. The second kappa shape index (κ2) is 7.57. The van der Waals surface area contributed by atoms with Crippen LogP contribution in [-0.4, -0.2) is 41.1 Å². The summed E-state index contributed by atoms with van der Waals surface area (Å²) in [4.78, 5) is 14.2. The molecule has 4 heteroatoms. The Labute approximate surface area is 127 Å². The highest BCUT2D eigenvalue weighted by molar-refractivity contribution is 5.78. The highest BCUT2D eigenvalue weighted by Gasteiger charge is 2.27. The van der Waals surface area contributed by atoms with E-state index in [9.17, 15) is 9.90 Å². The van der Waals surface area contributed by atoms with Gasteiger partial charge in [0.2, 0.25) is 5.91 Å². The van der Waals surface area contributed by atoms with Gasteiger partial charge in [0.15, 0.2) is 0 Å². The van der Waals surface area contributed by atoms with E-state index in [2.05, 4.69) is 23.2 Å². The van der Waals surface area contributed by atoms with Crippen LogP contribution < -0.4 is 5.32 Å². The Hall–Kier alpha value is -1.39. The van der Waals surface area contributed by atoms with Crippen molar-refractivity contribution in [1.29, 1.82) is 0 Å². The molecule has 1 aromatic carbocycles. The fourth-order valence-corrected chi connectivity index (χ4v) is 3.00. The minimum atomic E-state index is -0.380. The van der Waals surface area contributed by atoms with Crippen molar-refractivity contribution >= 4 is 5.91 Å². The van der Waals surface area contributed by atoms with Gasteiger partial charge < -0.3 is 10.4 Å². The Morgan fingerprint density at radius 1 is 1.43 bits per heavy atom. The zero-order chi connectivity index (χ0) is 15.2. The molecule has 0 aromatic heterocycles. The van der Waals surface area contributed by atoms with Gasteiger partial charge in [-0.05, 0) is 44.4 Å². The van der Waals surface area contributed by atoms with Crippen LogP contribution >= 0.6 is 0 Å². The van der Waals surface area contributed by atoms with E-state index < -0.39 is 0 Å². The molecule has 1 aliphatic heterocycles. The number of aliphatic hydroxyl groups is 1. The highest BCUT2D eigenvalue weighted by atomic mass is 16.3. The molecular weight excluding hydrogens is 264 g/mol. The van der Waals surface area contributed by atoms with Crippen LogP contribution in [0.2, 0.25) is 0 Å². The third kappa shape index (κ3) is 4.55. The lowest BCUT2D eigenvalue weighted by Crippen LogP contribution is -2.49. The average Bonchev–Trinajstić information content (AvgIpc) is 2.47. The third-order valence-electron chi connectivity index (χ3n) is 4.31. The van der Waals surface area contributed by atoms with Gasteiger partial charge in [0.25, 0.3) is 0 Å². The van der Waals surface area contributed by atoms with Gasteiger partial charge in [-0.25, -0.2) is 0 Å². The Kier molecular flexibility index (Phi) is 5.76. The van der Waals surface area contributed by atoms with E-state index in [1.165, 1.54) is 5.56 Å². The van der Waals surface area contributed by atoms with Crippen LogP contribution in [0.25, 0.3) is 0 Å². The minimum absolute atomic E-state index is 0.0332. The SMILES string of the molecule is Cc1ccccc1CNC(=O)CN1CCCCC1C(C)O. The van der Waals surface area contributed by atoms with Crippen molar-refractivity contribution in [2.24, 2.45) is 0 Å². The fourth-order valence-electron chi connectivity index (χ4n) is 3.00. The van der Waals surface area contributed by atoms with Crippen molar-refractivity contribution < 1.29 is 9.90 Å². The summed E-state index contributed by atoms with van der Waals surface area (Å²) in [5.74, 6) is 0.0332. The summed E-state index contributed by atoms with van der Waals surface area (Å²) >= 11 is 0. The molecule has 116 valence electrons.